The molecular weight excluding hydrogens is 238 g/mol. The summed E-state index contributed by atoms with van der Waals surface area (Å²) >= 11 is 7.43. The van der Waals surface area contributed by atoms with Crippen molar-refractivity contribution in [2.75, 3.05) is 0 Å². The van der Waals surface area contributed by atoms with Gasteiger partial charge in [-0.15, -0.1) is 0 Å². The smallest absolute Gasteiger partial charge is 0.0992 e. The Bertz CT molecular complexity index is 528. The summed E-state index contributed by atoms with van der Waals surface area (Å²) in [4.78, 5) is 2.17. The minimum atomic E-state index is 0.680. The molecule has 0 N–H and O–H groups in total. The van der Waals surface area contributed by atoms with Crippen LogP contribution in [0.3, 0.4) is 0 Å². The van der Waals surface area contributed by atoms with Gasteiger partial charge in [0.25, 0.3) is 0 Å². The molecule has 0 saturated carbocycles. The molecule has 16 heavy (non-hydrogen) atoms. The molecule has 0 amide bonds. The first-order valence-electron chi connectivity index (χ1n) is 4.71. The Morgan fingerprint density at radius 1 is 1.00 bits per heavy atom. The first kappa shape index (κ1) is 11.1. The Morgan fingerprint density at radius 2 is 1.75 bits per heavy atom. The van der Waals surface area contributed by atoms with Gasteiger partial charge in [0.05, 0.1) is 11.6 Å². The van der Waals surface area contributed by atoms with Crippen LogP contribution in [-0.2, 0) is 0 Å². The molecule has 2 aromatic rings. The van der Waals surface area contributed by atoms with Crippen LogP contribution in [0.4, 0.5) is 0 Å². The lowest BCUT2D eigenvalue weighted by atomic mass is 10.2. The SMILES string of the molecule is N#Cc1cccc(Sc2ccc(Cl)cc2)c1. The third-order valence-electron chi connectivity index (χ3n) is 2.01. The lowest BCUT2D eigenvalue weighted by Crippen LogP contribution is -1.76. The molecule has 0 radical (unpaired) electrons. The maximum Gasteiger partial charge on any atom is 0.0992 e. The Labute approximate surface area is 104 Å². The average Bonchev–Trinajstić information content (AvgIpc) is 2.32. The van der Waals surface area contributed by atoms with Crippen molar-refractivity contribution in [3.05, 3.63) is 59.1 Å². The molecular formula is C13H8ClNS. The van der Waals surface area contributed by atoms with E-state index < -0.39 is 0 Å². The number of halogens is 1. The third kappa shape index (κ3) is 2.79. The third-order valence-corrected chi connectivity index (χ3v) is 3.26. The van der Waals surface area contributed by atoms with Gasteiger partial charge in [0.1, 0.15) is 0 Å². The Morgan fingerprint density at radius 3 is 2.44 bits per heavy atom. The van der Waals surface area contributed by atoms with Crippen molar-refractivity contribution in [2.24, 2.45) is 0 Å². The molecule has 0 aliphatic carbocycles. The normalized spacial score (nSPS) is 9.75. The van der Waals surface area contributed by atoms with Crippen LogP contribution >= 0.6 is 23.4 Å². The zero-order valence-corrected chi connectivity index (χ0v) is 9.92. The standard InChI is InChI=1S/C13H8ClNS/c14-11-4-6-12(7-5-11)16-13-3-1-2-10(8-13)9-15/h1-8H. The van der Waals surface area contributed by atoms with Crippen LogP contribution in [-0.4, -0.2) is 0 Å². The highest BCUT2D eigenvalue weighted by Crippen LogP contribution is 2.28. The fourth-order valence-corrected chi connectivity index (χ4v) is 2.27. The topological polar surface area (TPSA) is 23.8 Å². The molecule has 2 rings (SSSR count). The van der Waals surface area contributed by atoms with Crippen LogP contribution in [0, 0.1) is 11.3 Å². The summed E-state index contributed by atoms with van der Waals surface area (Å²) in [5, 5.41) is 9.52. The zero-order valence-electron chi connectivity index (χ0n) is 8.35. The van der Waals surface area contributed by atoms with Crippen molar-refractivity contribution in [1.29, 1.82) is 5.26 Å². The van der Waals surface area contributed by atoms with Crippen molar-refractivity contribution in [3.63, 3.8) is 0 Å². The number of nitriles is 1. The molecule has 0 unspecified atom stereocenters. The van der Waals surface area contributed by atoms with Crippen LogP contribution < -0.4 is 0 Å². The summed E-state index contributed by atoms with van der Waals surface area (Å²) in [5.41, 5.74) is 0.680. The van der Waals surface area contributed by atoms with E-state index in [2.05, 4.69) is 6.07 Å². The highest BCUT2D eigenvalue weighted by Gasteiger charge is 1.98. The molecule has 0 aromatic heterocycles. The lowest BCUT2D eigenvalue weighted by molar-refractivity contribution is 1.38. The van der Waals surface area contributed by atoms with Gasteiger partial charge in [-0.1, -0.05) is 29.4 Å². The molecule has 0 spiro atoms. The van der Waals surface area contributed by atoms with Crippen molar-refractivity contribution >= 4 is 23.4 Å². The van der Waals surface area contributed by atoms with E-state index >= 15 is 0 Å². The van der Waals surface area contributed by atoms with E-state index in [4.69, 9.17) is 16.9 Å². The van der Waals surface area contributed by atoms with Crippen molar-refractivity contribution in [2.45, 2.75) is 9.79 Å². The number of nitrogens with zero attached hydrogens (tertiary/aromatic N) is 1. The number of benzene rings is 2. The van der Waals surface area contributed by atoms with E-state index in [1.165, 1.54) is 0 Å². The Balaban J connectivity index is 2.21. The molecule has 2 aromatic carbocycles. The van der Waals surface area contributed by atoms with Gasteiger partial charge >= 0.3 is 0 Å². The largest absolute Gasteiger partial charge is 0.192 e. The highest BCUT2D eigenvalue weighted by molar-refractivity contribution is 7.99. The Hall–Kier alpha value is -1.43. The summed E-state index contributed by atoms with van der Waals surface area (Å²) in [6.45, 7) is 0. The molecule has 0 saturated heterocycles. The van der Waals surface area contributed by atoms with Gasteiger partial charge in [0, 0.05) is 14.8 Å². The molecule has 0 bridgehead atoms. The van der Waals surface area contributed by atoms with Crippen LogP contribution in [0.15, 0.2) is 58.3 Å². The molecule has 0 aliphatic rings. The van der Waals surface area contributed by atoms with E-state index in [1.807, 2.05) is 42.5 Å². The van der Waals surface area contributed by atoms with Crippen molar-refractivity contribution in [1.82, 2.24) is 0 Å². The first-order chi connectivity index (χ1) is 7.78. The van der Waals surface area contributed by atoms with E-state index in [-0.39, 0.29) is 0 Å². The van der Waals surface area contributed by atoms with E-state index in [1.54, 1.807) is 17.8 Å². The summed E-state index contributed by atoms with van der Waals surface area (Å²) in [6, 6.07) is 17.3. The summed E-state index contributed by atoms with van der Waals surface area (Å²) < 4.78 is 0. The fourth-order valence-electron chi connectivity index (χ4n) is 1.27. The predicted molar refractivity (Wildman–Crippen MR) is 66.7 cm³/mol. The summed E-state index contributed by atoms with van der Waals surface area (Å²) in [5.74, 6) is 0. The second-order valence-corrected chi connectivity index (χ2v) is 4.78. The second kappa shape index (κ2) is 5.07. The molecule has 0 aliphatic heterocycles. The van der Waals surface area contributed by atoms with E-state index in [0.717, 1.165) is 14.8 Å². The number of hydrogen-bond acceptors (Lipinski definition) is 2. The van der Waals surface area contributed by atoms with Gasteiger partial charge in [0.2, 0.25) is 0 Å². The quantitative estimate of drug-likeness (QED) is 0.785. The zero-order chi connectivity index (χ0) is 11.4. The minimum absolute atomic E-state index is 0.680. The molecule has 0 atom stereocenters. The highest BCUT2D eigenvalue weighted by atomic mass is 35.5. The fraction of sp³-hybridized carbons (Fsp3) is 0. The van der Waals surface area contributed by atoms with Gasteiger partial charge < -0.3 is 0 Å². The predicted octanol–water partition coefficient (Wildman–Crippen LogP) is 4.36. The summed E-state index contributed by atoms with van der Waals surface area (Å²) in [6.07, 6.45) is 0. The molecule has 78 valence electrons. The van der Waals surface area contributed by atoms with Crippen molar-refractivity contribution in [3.8, 4) is 6.07 Å². The van der Waals surface area contributed by atoms with Crippen LogP contribution in [0.2, 0.25) is 5.02 Å². The molecule has 1 nitrogen and oxygen atoms in total. The van der Waals surface area contributed by atoms with Crippen LogP contribution in [0.5, 0.6) is 0 Å². The maximum atomic E-state index is 8.79. The summed E-state index contributed by atoms with van der Waals surface area (Å²) in [7, 11) is 0. The monoisotopic (exact) mass is 245 g/mol. The number of rotatable bonds is 2. The van der Waals surface area contributed by atoms with Gasteiger partial charge in [0.15, 0.2) is 0 Å². The lowest BCUT2D eigenvalue weighted by Gasteiger charge is -2.01. The van der Waals surface area contributed by atoms with Gasteiger partial charge in [-0.05, 0) is 42.5 Å². The second-order valence-electron chi connectivity index (χ2n) is 3.20. The van der Waals surface area contributed by atoms with Gasteiger partial charge in [-0.3, -0.25) is 0 Å². The van der Waals surface area contributed by atoms with Crippen LogP contribution in [0.25, 0.3) is 0 Å². The first-order valence-corrected chi connectivity index (χ1v) is 5.91. The van der Waals surface area contributed by atoms with E-state index in [0.29, 0.717) is 5.56 Å². The average molecular weight is 246 g/mol. The van der Waals surface area contributed by atoms with Crippen LogP contribution in [0.1, 0.15) is 5.56 Å². The van der Waals surface area contributed by atoms with Crippen molar-refractivity contribution < 1.29 is 0 Å². The minimum Gasteiger partial charge on any atom is -0.192 e. The molecule has 3 heteroatoms. The van der Waals surface area contributed by atoms with Gasteiger partial charge in [-0.2, -0.15) is 5.26 Å². The number of hydrogen-bond donors (Lipinski definition) is 0. The maximum absolute atomic E-state index is 8.79. The Kier molecular flexibility index (Phi) is 3.51. The van der Waals surface area contributed by atoms with Gasteiger partial charge in [-0.25, -0.2) is 0 Å². The molecule has 0 fully saturated rings. The van der Waals surface area contributed by atoms with E-state index in [9.17, 15) is 0 Å². The molecule has 0 heterocycles.